The van der Waals surface area contributed by atoms with Crippen molar-refractivity contribution in [2.45, 2.75) is 26.1 Å². The van der Waals surface area contributed by atoms with E-state index in [1.807, 2.05) is 6.92 Å². The van der Waals surface area contributed by atoms with E-state index < -0.39 is 11.7 Å². The molecule has 0 N–H and O–H groups in total. The van der Waals surface area contributed by atoms with Crippen LogP contribution in [0.25, 0.3) is 0 Å². The molecule has 0 radical (unpaired) electrons. The lowest BCUT2D eigenvalue weighted by Gasteiger charge is -2.50. The number of hydrogen-bond donors (Lipinski definition) is 0. The highest BCUT2D eigenvalue weighted by molar-refractivity contribution is 9.11. The Bertz CT molecular complexity index is 436. The first-order valence-corrected chi connectivity index (χ1v) is 6.71. The maximum absolute atomic E-state index is 12.6. The van der Waals surface area contributed by atoms with Crippen LogP contribution in [-0.2, 0) is 19.1 Å². The molecule has 2 bridgehead atoms. The van der Waals surface area contributed by atoms with E-state index in [-0.39, 0.29) is 23.4 Å². The molecule has 1 fully saturated rings. The molecule has 0 heterocycles. The summed E-state index contributed by atoms with van der Waals surface area (Å²) >= 11 is 3.53. The zero-order valence-corrected chi connectivity index (χ0v) is 12.5. The number of fused-ring (bicyclic) bond motifs is 2. The van der Waals surface area contributed by atoms with Crippen LogP contribution in [0.1, 0.15) is 20.3 Å². The lowest BCUT2D eigenvalue weighted by Crippen LogP contribution is -2.61. The maximum atomic E-state index is 12.6. The molecule has 3 aliphatic carbocycles. The van der Waals surface area contributed by atoms with Crippen molar-refractivity contribution < 1.29 is 19.1 Å². The summed E-state index contributed by atoms with van der Waals surface area (Å²) in [4.78, 5) is 24.3. The second kappa shape index (κ2) is 4.54. The van der Waals surface area contributed by atoms with E-state index in [1.165, 1.54) is 14.2 Å². The average Bonchev–Trinajstić information content (AvgIpc) is 2.35. The van der Waals surface area contributed by atoms with Crippen molar-refractivity contribution in [2.24, 2.45) is 17.8 Å². The summed E-state index contributed by atoms with van der Waals surface area (Å²) in [6.07, 6.45) is 0.589. The molecule has 5 heteroatoms. The first kappa shape index (κ1) is 13.9. The van der Waals surface area contributed by atoms with Crippen molar-refractivity contribution in [1.29, 1.82) is 0 Å². The summed E-state index contributed by atoms with van der Waals surface area (Å²) in [5.41, 5.74) is 0.932. The monoisotopic (exact) mass is 316 g/mol. The van der Waals surface area contributed by atoms with Gasteiger partial charge in [-0.2, -0.15) is 0 Å². The molecule has 0 spiro atoms. The Morgan fingerprint density at radius 1 is 1.39 bits per heavy atom. The van der Waals surface area contributed by atoms with Gasteiger partial charge >= 0.3 is 0 Å². The van der Waals surface area contributed by atoms with E-state index in [9.17, 15) is 9.59 Å². The summed E-state index contributed by atoms with van der Waals surface area (Å²) < 4.78 is 11.7. The molecule has 0 aromatic carbocycles. The molecule has 0 aromatic heterocycles. The van der Waals surface area contributed by atoms with E-state index >= 15 is 0 Å². The standard InChI is InChI=1S/C13H17BrO4/c1-6-10-8(7(2)15)5-9(11(6)14)13(17-3,18-4)12(10)16/h8-10H,5H2,1-4H3/t8-,9+,10-/m0/s1. The minimum atomic E-state index is -1.24. The smallest absolute Gasteiger partial charge is 0.236 e. The Balaban J connectivity index is 2.56. The van der Waals surface area contributed by atoms with Gasteiger partial charge in [0, 0.05) is 24.6 Å². The topological polar surface area (TPSA) is 52.6 Å². The van der Waals surface area contributed by atoms with Crippen LogP contribution in [0.15, 0.2) is 10.1 Å². The number of allylic oxidation sites excluding steroid dienone is 1. The quantitative estimate of drug-likeness (QED) is 0.748. The van der Waals surface area contributed by atoms with Gasteiger partial charge in [0.2, 0.25) is 5.79 Å². The molecule has 0 unspecified atom stereocenters. The van der Waals surface area contributed by atoms with Crippen LogP contribution in [0.3, 0.4) is 0 Å². The van der Waals surface area contributed by atoms with Gasteiger partial charge in [0.15, 0.2) is 5.78 Å². The average molecular weight is 317 g/mol. The molecule has 1 saturated carbocycles. The predicted octanol–water partition coefficient (Wildman–Crippen LogP) is 2.07. The number of hydrogen-bond acceptors (Lipinski definition) is 4. The van der Waals surface area contributed by atoms with Gasteiger partial charge in [-0.05, 0) is 20.3 Å². The number of carbonyl (C=O) groups excluding carboxylic acids is 2. The second-order valence-corrected chi connectivity index (χ2v) is 5.81. The highest BCUT2D eigenvalue weighted by atomic mass is 79.9. The van der Waals surface area contributed by atoms with E-state index in [2.05, 4.69) is 15.9 Å². The fraction of sp³-hybridized carbons (Fsp3) is 0.692. The Morgan fingerprint density at radius 2 is 1.94 bits per heavy atom. The lowest BCUT2D eigenvalue weighted by molar-refractivity contribution is -0.240. The Morgan fingerprint density at radius 3 is 2.39 bits per heavy atom. The fourth-order valence-corrected chi connectivity index (χ4v) is 4.01. The van der Waals surface area contributed by atoms with Gasteiger partial charge in [0.1, 0.15) is 5.78 Å². The lowest BCUT2D eigenvalue weighted by atomic mass is 9.60. The highest BCUT2D eigenvalue weighted by Crippen LogP contribution is 2.54. The Labute approximate surface area is 115 Å². The number of carbonyl (C=O) groups is 2. The van der Waals surface area contributed by atoms with Crippen molar-refractivity contribution in [2.75, 3.05) is 14.2 Å². The molecule has 0 saturated heterocycles. The van der Waals surface area contributed by atoms with E-state index in [4.69, 9.17) is 9.47 Å². The summed E-state index contributed by atoms with van der Waals surface area (Å²) in [5.74, 6) is -2.24. The highest BCUT2D eigenvalue weighted by Gasteiger charge is 2.61. The Hall–Kier alpha value is -0.520. The van der Waals surface area contributed by atoms with E-state index in [1.54, 1.807) is 6.92 Å². The first-order chi connectivity index (χ1) is 8.40. The largest absolute Gasteiger partial charge is 0.346 e. The van der Waals surface area contributed by atoms with Crippen LogP contribution in [0.4, 0.5) is 0 Å². The maximum Gasteiger partial charge on any atom is 0.236 e. The van der Waals surface area contributed by atoms with E-state index in [0.717, 1.165) is 10.1 Å². The Kier molecular flexibility index (Phi) is 3.51. The zero-order valence-electron chi connectivity index (χ0n) is 11.0. The van der Waals surface area contributed by atoms with Gasteiger partial charge in [0.05, 0.1) is 11.8 Å². The van der Waals surface area contributed by atoms with Gasteiger partial charge in [-0.1, -0.05) is 21.5 Å². The van der Waals surface area contributed by atoms with Crippen molar-refractivity contribution in [3.05, 3.63) is 10.1 Å². The van der Waals surface area contributed by atoms with Crippen LogP contribution in [-0.4, -0.2) is 31.6 Å². The third-order valence-electron chi connectivity index (χ3n) is 4.25. The number of rotatable bonds is 3. The summed E-state index contributed by atoms with van der Waals surface area (Å²) in [5, 5.41) is 0. The van der Waals surface area contributed by atoms with Gasteiger partial charge in [-0.3, -0.25) is 9.59 Å². The minimum absolute atomic E-state index is 0.0542. The minimum Gasteiger partial charge on any atom is -0.346 e. The van der Waals surface area contributed by atoms with Gasteiger partial charge in [0.25, 0.3) is 0 Å². The predicted molar refractivity (Wildman–Crippen MR) is 69.2 cm³/mol. The molecule has 18 heavy (non-hydrogen) atoms. The normalized spacial score (nSPS) is 34.1. The third-order valence-corrected chi connectivity index (χ3v) is 5.43. The summed E-state index contributed by atoms with van der Waals surface area (Å²) in [6, 6.07) is 0. The SMILES string of the molecule is COC1(OC)C(=O)[C@H]2C(C)=C(Br)[C@H]1C[C@H]2C(C)=O. The van der Waals surface area contributed by atoms with Crippen molar-refractivity contribution in [3.63, 3.8) is 0 Å². The van der Waals surface area contributed by atoms with Crippen LogP contribution in [0.5, 0.6) is 0 Å². The number of ether oxygens (including phenoxy) is 2. The molecule has 0 amide bonds. The molecule has 3 rings (SSSR count). The van der Waals surface area contributed by atoms with Crippen LogP contribution in [0.2, 0.25) is 0 Å². The van der Waals surface area contributed by atoms with Gasteiger partial charge in [-0.25, -0.2) is 0 Å². The second-order valence-electron chi connectivity index (χ2n) is 4.95. The first-order valence-electron chi connectivity index (χ1n) is 5.92. The molecular formula is C13H17BrO4. The van der Waals surface area contributed by atoms with Crippen molar-refractivity contribution in [3.8, 4) is 0 Å². The molecule has 100 valence electrons. The summed E-state index contributed by atoms with van der Waals surface area (Å²) in [7, 11) is 2.95. The van der Waals surface area contributed by atoms with E-state index in [0.29, 0.717) is 6.42 Å². The number of methoxy groups -OCH3 is 2. The molecule has 3 aliphatic rings. The molecule has 0 aliphatic heterocycles. The molecule has 4 nitrogen and oxygen atoms in total. The number of Topliss-reactive ketones (excluding diaryl/α,β-unsaturated/α-hetero) is 2. The van der Waals surface area contributed by atoms with Crippen LogP contribution in [0, 0.1) is 17.8 Å². The molecule has 0 aromatic rings. The zero-order chi connectivity index (χ0) is 13.7. The van der Waals surface area contributed by atoms with Gasteiger partial charge < -0.3 is 9.47 Å². The third kappa shape index (κ3) is 1.57. The molecular weight excluding hydrogens is 300 g/mol. The summed E-state index contributed by atoms with van der Waals surface area (Å²) in [6.45, 7) is 3.44. The van der Waals surface area contributed by atoms with Crippen LogP contribution < -0.4 is 0 Å². The van der Waals surface area contributed by atoms with Crippen LogP contribution >= 0.6 is 15.9 Å². The molecule has 3 atom stereocenters. The number of halogens is 1. The van der Waals surface area contributed by atoms with Crippen molar-refractivity contribution in [1.82, 2.24) is 0 Å². The van der Waals surface area contributed by atoms with Crippen molar-refractivity contribution >= 4 is 27.5 Å². The fourth-order valence-electron chi connectivity index (χ4n) is 3.28. The number of ketones is 2. The van der Waals surface area contributed by atoms with Gasteiger partial charge in [-0.15, -0.1) is 0 Å².